The van der Waals surface area contributed by atoms with Crippen molar-refractivity contribution in [2.75, 3.05) is 23.7 Å². The van der Waals surface area contributed by atoms with Gasteiger partial charge in [-0.3, -0.25) is 13.9 Å². The van der Waals surface area contributed by atoms with Crippen molar-refractivity contribution in [1.29, 1.82) is 0 Å². The fourth-order valence-corrected chi connectivity index (χ4v) is 5.05. The molecule has 0 aromatic heterocycles. The molecule has 0 aliphatic rings. The number of sulfonamides is 1. The smallest absolute Gasteiger partial charge is 0.244 e. The van der Waals surface area contributed by atoms with E-state index in [4.69, 9.17) is 23.2 Å². The minimum Gasteiger partial charge on any atom is -0.355 e. The van der Waals surface area contributed by atoms with Gasteiger partial charge in [0.15, 0.2) is 0 Å². The molecule has 0 saturated carbocycles. The van der Waals surface area contributed by atoms with Crippen molar-refractivity contribution in [2.45, 2.75) is 46.7 Å². The van der Waals surface area contributed by atoms with Crippen LogP contribution in [0, 0.1) is 13.8 Å². The summed E-state index contributed by atoms with van der Waals surface area (Å²) in [5, 5.41) is 3.55. The normalized spacial score (nSPS) is 12.2. The number of carbonyl (C=O) groups excluding carboxylic acids is 2. The van der Waals surface area contributed by atoms with E-state index in [1.165, 1.54) is 4.90 Å². The zero-order valence-corrected chi connectivity index (χ0v) is 22.4. The third-order valence-electron chi connectivity index (χ3n) is 5.27. The van der Waals surface area contributed by atoms with Crippen molar-refractivity contribution >= 4 is 50.7 Å². The Morgan fingerprint density at radius 3 is 2.15 bits per heavy atom. The van der Waals surface area contributed by atoms with Crippen molar-refractivity contribution in [1.82, 2.24) is 10.2 Å². The maximum Gasteiger partial charge on any atom is 0.244 e. The first-order valence-electron chi connectivity index (χ1n) is 10.9. The van der Waals surface area contributed by atoms with Crippen molar-refractivity contribution in [3.8, 4) is 0 Å². The number of hydrogen-bond acceptors (Lipinski definition) is 4. The van der Waals surface area contributed by atoms with Gasteiger partial charge in [0.2, 0.25) is 21.8 Å². The summed E-state index contributed by atoms with van der Waals surface area (Å²) in [5.74, 6) is -0.838. The molecule has 0 unspecified atom stereocenters. The number of hydrogen-bond donors (Lipinski definition) is 1. The van der Waals surface area contributed by atoms with E-state index < -0.39 is 28.5 Å². The van der Waals surface area contributed by atoms with Gasteiger partial charge in [0.05, 0.1) is 11.9 Å². The van der Waals surface area contributed by atoms with E-state index in [1.54, 1.807) is 44.2 Å². The van der Waals surface area contributed by atoms with Crippen LogP contribution in [0.25, 0.3) is 0 Å². The molecule has 0 aliphatic heterocycles. The fraction of sp³-hybridized carbons (Fsp3) is 0.417. The number of likely N-dealkylation sites (N-methyl/N-ethyl adjacent to an activating group) is 1. The summed E-state index contributed by atoms with van der Waals surface area (Å²) in [5.41, 5.74) is 2.73. The van der Waals surface area contributed by atoms with Gasteiger partial charge in [-0.2, -0.15) is 0 Å². The first-order valence-corrected chi connectivity index (χ1v) is 13.5. The largest absolute Gasteiger partial charge is 0.355 e. The molecule has 186 valence electrons. The van der Waals surface area contributed by atoms with E-state index in [1.807, 2.05) is 19.9 Å². The van der Waals surface area contributed by atoms with Crippen molar-refractivity contribution < 1.29 is 18.0 Å². The lowest BCUT2D eigenvalue weighted by molar-refractivity contribution is -0.140. The molecule has 10 heteroatoms. The van der Waals surface area contributed by atoms with Crippen LogP contribution in [0.4, 0.5) is 5.69 Å². The molecule has 2 rings (SSSR count). The lowest BCUT2D eigenvalue weighted by Crippen LogP contribution is -2.52. The third kappa shape index (κ3) is 7.35. The number of nitrogens with zero attached hydrogens (tertiary/aromatic N) is 2. The number of aryl methyl sites for hydroxylation is 2. The zero-order chi connectivity index (χ0) is 25.6. The Morgan fingerprint density at radius 2 is 1.65 bits per heavy atom. The minimum atomic E-state index is -3.79. The quantitative estimate of drug-likeness (QED) is 0.498. The molecule has 7 nitrogen and oxygen atoms in total. The summed E-state index contributed by atoms with van der Waals surface area (Å²) in [4.78, 5) is 27.8. The molecule has 34 heavy (non-hydrogen) atoms. The Hall–Kier alpha value is -2.29. The second-order valence-corrected chi connectivity index (χ2v) is 10.9. The number of benzene rings is 2. The van der Waals surface area contributed by atoms with Crippen LogP contribution in [0.2, 0.25) is 10.0 Å². The molecule has 0 bridgehead atoms. The summed E-state index contributed by atoms with van der Waals surface area (Å²) in [7, 11) is -3.79. The highest BCUT2D eigenvalue weighted by Gasteiger charge is 2.32. The lowest BCUT2D eigenvalue weighted by Gasteiger charge is -2.33. The molecule has 2 amide bonds. The summed E-state index contributed by atoms with van der Waals surface area (Å²) >= 11 is 12.4. The van der Waals surface area contributed by atoms with Gasteiger partial charge in [-0.05, 0) is 68.1 Å². The number of amides is 2. The molecule has 2 aromatic rings. The summed E-state index contributed by atoms with van der Waals surface area (Å²) in [6, 6.07) is 9.44. The Bertz CT molecular complexity index is 1130. The molecule has 0 heterocycles. The second-order valence-electron chi connectivity index (χ2n) is 8.19. The number of carbonyl (C=O) groups is 2. The van der Waals surface area contributed by atoms with Crippen LogP contribution in [-0.2, 0) is 26.2 Å². The van der Waals surface area contributed by atoms with Gasteiger partial charge in [0.25, 0.3) is 0 Å². The second kappa shape index (κ2) is 11.9. The van der Waals surface area contributed by atoms with Gasteiger partial charge < -0.3 is 10.2 Å². The van der Waals surface area contributed by atoms with Crippen LogP contribution in [0.5, 0.6) is 0 Å². The molecule has 1 N–H and O–H groups in total. The van der Waals surface area contributed by atoms with Gasteiger partial charge in [0, 0.05) is 23.1 Å². The van der Waals surface area contributed by atoms with E-state index in [2.05, 4.69) is 5.32 Å². The minimum absolute atomic E-state index is 0.0227. The third-order valence-corrected chi connectivity index (χ3v) is 6.99. The molecule has 2 aromatic carbocycles. The zero-order valence-electron chi connectivity index (χ0n) is 20.1. The standard InChI is InChI=1S/C24H31Cl2N3O4S/c1-6-22(24(31)27-7-2)28(14-18-8-9-19(25)13-21(18)26)23(30)15-29(34(5,32)33)20-11-16(3)10-17(4)12-20/h8-13,22H,6-7,14-15H2,1-5H3,(H,27,31)/t22-/m0/s1. The van der Waals surface area contributed by atoms with Crippen LogP contribution in [0.3, 0.4) is 0 Å². The summed E-state index contributed by atoms with van der Waals surface area (Å²) in [6.45, 7) is 7.26. The molecule has 0 radical (unpaired) electrons. The maximum absolute atomic E-state index is 13.6. The van der Waals surface area contributed by atoms with Gasteiger partial charge in [-0.15, -0.1) is 0 Å². The Kier molecular flexibility index (Phi) is 9.79. The van der Waals surface area contributed by atoms with Gasteiger partial charge in [-0.25, -0.2) is 8.42 Å². The van der Waals surface area contributed by atoms with Crippen LogP contribution >= 0.6 is 23.2 Å². The average molecular weight is 529 g/mol. The SMILES string of the molecule is CCNC(=O)[C@H](CC)N(Cc1ccc(Cl)cc1Cl)C(=O)CN(c1cc(C)cc(C)c1)S(C)(=O)=O. The van der Waals surface area contributed by atoms with Crippen LogP contribution in [0.15, 0.2) is 36.4 Å². The first-order chi connectivity index (χ1) is 15.9. The highest BCUT2D eigenvalue weighted by Crippen LogP contribution is 2.25. The number of halogens is 2. The van der Waals surface area contributed by atoms with Gasteiger partial charge in [-0.1, -0.05) is 42.3 Å². The fourth-order valence-electron chi connectivity index (χ4n) is 3.75. The molecule has 0 spiro atoms. The van der Waals surface area contributed by atoms with Crippen LogP contribution in [-0.4, -0.2) is 50.5 Å². The summed E-state index contributed by atoms with van der Waals surface area (Å²) in [6.07, 6.45) is 1.39. The highest BCUT2D eigenvalue weighted by molar-refractivity contribution is 7.92. The monoisotopic (exact) mass is 527 g/mol. The Balaban J connectivity index is 2.50. The van der Waals surface area contributed by atoms with Crippen LogP contribution in [0.1, 0.15) is 37.0 Å². The Labute approximate surface area is 212 Å². The molecular formula is C24H31Cl2N3O4S. The van der Waals surface area contributed by atoms with Gasteiger partial charge >= 0.3 is 0 Å². The van der Waals surface area contributed by atoms with E-state index in [-0.39, 0.29) is 12.5 Å². The first kappa shape index (κ1) is 28.0. The molecule has 0 aliphatic carbocycles. The van der Waals surface area contributed by atoms with E-state index in [9.17, 15) is 18.0 Å². The highest BCUT2D eigenvalue weighted by atomic mass is 35.5. The summed E-state index contributed by atoms with van der Waals surface area (Å²) < 4.78 is 26.4. The lowest BCUT2D eigenvalue weighted by atomic mass is 10.1. The predicted molar refractivity (Wildman–Crippen MR) is 138 cm³/mol. The van der Waals surface area contributed by atoms with Gasteiger partial charge in [0.1, 0.15) is 12.6 Å². The number of rotatable bonds is 10. The molecule has 1 atom stereocenters. The van der Waals surface area contributed by atoms with E-state index >= 15 is 0 Å². The Morgan fingerprint density at radius 1 is 1.03 bits per heavy atom. The van der Waals surface area contributed by atoms with Crippen molar-refractivity contribution in [3.05, 3.63) is 63.1 Å². The average Bonchev–Trinajstić information content (AvgIpc) is 2.71. The van der Waals surface area contributed by atoms with E-state index in [0.717, 1.165) is 21.7 Å². The molecule has 0 fully saturated rings. The molecule has 0 saturated heterocycles. The van der Waals surface area contributed by atoms with Crippen LogP contribution < -0.4 is 9.62 Å². The van der Waals surface area contributed by atoms with Crippen molar-refractivity contribution in [2.24, 2.45) is 0 Å². The van der Waals surface area contributed by atoms with Crippen molar-refractivity contribution in [3.63, 3.8) is 0 Å². The topological polar surface area (TPSA) is 86.8 Å². The van der Waals surface area contributed by atoms with E-state index in [0.29, 0.717) is 34.3 Å². The predicted octanol–water partition coefficient (Wildman–Crippen LogP) is 4.32. The molecular weight excluding hydrogens is 497 g/mol. The maximum atomic E-state index is 13.6. The number of anilines is 1. The number of nitrogens with one attached hydrogen (secondary N) is 1.